The summed E-state index contributed by atoms with van der Waals surface area (Å²) in [6, 6.07) is 5.62. The van der Waals surface area contributed by atoms with Crippen LogP contribution >= 0.6 is 11.6 Å². The number of nitrogens with zero attached hydrogens (tertiary/aromatic N) is 2. The van der Waals surface area contributed by atoms with E-state index in [1.165, 1.54) is 37.7 Å². The zero-order chi connectivity index (χ0) is 13.1. The molecule has 0 saturated carbocycles. The number of halogens is 2. The largest absolute Gasteiger partial charge is 0.481 e. The van der Waals surface area contributed by atoms with Crippen molar-refractivity contribution in [2.24, 2.45) is 0 Å². The number of methoxy groups -OCH3 is 1. The van der Waals surface area contributed by atoms with Gasteiger partial charge in [0.15, 0.2) is 0 Å². The third-order valence-corrected chi connectivity index (χ3v) is 2.76. The molecule has 1 heterocycles. The van der Waals surface area contributed by atoms with Crippen LogP contribution in [-0.2, 0) is 0 Å². The van der Waals surface area contributed by atoms with Gasteiger partial charge in [-0.1, -0.05) is 17.7 Å². The van der Waals surface area contributed by atoms with E-state index >= 15 is 0 Å². The second-order valence-electron chi connectivity index (χ2n) is 3.52. The van der Waals surface area contributed by atoms with E-state index in [0.29, 0.717) is 0 Å². The first-order valence-corrected chi connectivity index (χ1v) is 5.49. The van der Waals surface area contributed by atoms with Gasteiger partial charge < -0.3 is 9.84 Å². The Balaban J connectivity index is 2.44. The summed E-state index contributed by atoms with van der Waals surface area (Å²) in [6.07, 6.45) is -0.0397. The standard InChI is InChI=1S/C12H10ClFN2O2/c1-18-10-5-9(15-6-16-10)12(17)11-7(13)3-2-4-8(11)14/h2-6,12,17H,1H3. The Morgan fingerprint density at radius 3 is 2.83 bits per heavy atom. The van der Waals surface area contributed by atoms with Gasteiger partial charge in [0.05, 0.1) is 12.8 Å². The summed E-state index contributed by atoms with van der Waals surface area (Å²) in [6.45, 7) is 0. The highest BCUT2D eigenvalue weighted by Crippen LogP contribution is 2.30. The number of rotatable bonds is 3. The van der Waals surface area contributed by atoms with E-state index < -0.39 is 11.9 Å². The average Bonchev–Trinajstić information content (AvgIpc) is 2.38. The van der Waals surface area contributed by atoms with Crippen molar-refractivity contribution in [3.8, 4) is 5.88 Å². The third kappa shape index (κ3) is 2.42. The van der Waals surface area contributed by atoms with E-state index in [9.17, 15) is 9.50 Å². The van der Waals surface area contributed by atoms with Gasteiger partial charge in [-0.3, -0.25) is 0 Å². The number of benzene rings is 1. The first kappa shape index (κ1) is 12.7. The van der Waals surface area contributed by atoms with E-state index in [1.54, 1.807) is 0 Å². The number of aliphatic hydroxyl groups excluding tert-OH is 1. The Morgan fingerprint density at radius 1 is 1.39 bits per heavy atom. The van der Waals surface area contributed by atoms with Crippen LogP contribution in [0.15, 0.2) is 30.6 Å². The maximum Gasteiger partial charge on any atom is 0.216 e. The second kappa shape index (κ2) is 5.29. The molecule has 0 fully saturated rings. The zero-order valence-electron chi connectivity index (χ0n) is 9.47. The first-order chi connectivity index (χ1) is 8.63. The van der Waals surface area contributed by atoms with Crippen molar-refractivity contribution in [2.75, 3.05) is 7.11 Å². The highest BCUT2D eigenvalue weighted by Gasteiger charge is 2.20. The van der Waals surface area contributed by atoms with Crippen molar-refractivity contribution >= 4 is 11.6 Å². The Kier molecular flexibility index (Phi) is 3.74. The predicted octanol–water partition coefficient (Wildman–Crippen LogP) is 2.36. The molecule has 0 amide bonds. The molecule has 0 bridgehead atoms. The molecule has 2 aromatic rings. The molecule has 6 heteroatoms. The van der Waals surface area contributed by atoms with Crippen molar-refractivity contribution in [3.05, 3.63) is 52.7 Å². The molecule has 0 aliphatic carbocycles. The Hall–Kier alpha value is -1.72. The number of aliphatic hydroxyl groups is 1. The van der Waals surface area contributed by atoms with Crippen LogP contribution in [0.5, 0.6) is 5.88 Å². The maximum absolute atomic E-state index is 13.6. The molecule has 1 N–H and O–H groups in total. The van der Waals surface area contributed by atoms with Gasteiger partial charge in [-0.2, -0.15) is 0 Å². The van der Waals surface area contributed by atoms with Crippen LogP contribution in [-0.4, -0.2) is 22.2 Å². The lowest BCUT2D eigenvalue weighted by Crippen LogP contribution is -2.06. The summed E-state index contributed by atoms with van der Waals surface area (Å²) >= 11 is 5.87. The molecule has 1 aromatic heterocycles. The molecule has 0 saturated heterocycles. The minimum absolute atomic E-state index is 0.0140. The van der Waals surface area contributed by atoms with Gasteiger partial charge in [-0.05, 0) is 12.1 Å². The summed E-state index contributed by atoms with van der Waals surface area (Å²) in [5.74, 6) is -0.306. The van der Waals surface area contributed by atoms with Crippen molar-refractivity contribution < 1.29 is 14.2 Å². The van der Waals surface area contributed by atoms with Gasteiger partial charge >= 0.3 is 0 Å². The van der Waals surface area contributed by atoms with Gasteiger partial charge in [0.25, 0.3) is 0 Å². The summed E-state index contributed by atoms with van der Waals surface area (Å²) in [7, 11) is 1.44. The molecule has 1 unspecified atom stereocenters. The molecular weight excluding hydrogens is 259 g/mol. The molecule has 0 spiro atoms. The fourth-order valence-electron chi connectivity index (χ4n) is 1.53. The number of aromatic nitrogens is 2. The molecular formula is C12H10ClFN2O2. The Bertz CT molecular complexity index is 545. The predicted molar refractivity (Wildman–Crippen MR) is 64.1 cm³/mol. The van der Waals surface area contributed by atoms with Crippen molar-refractivity contribution in [1.82, 2.24) is 9.97 Å². The minimum Gasteiger partial charge on any atom is -0.481 e. The van der Waals surface area contributed by atoms with Gasteiger partial charge in [0, 0.05) is 16.7 Å². The number of hydrogen-bond donors (Lipinski definition) is 1. The number of hydrogen-bond acceptors (Lipinski definition) is 4. The van der Waals surface area contributed by atoms with E-state index in [2.05, 4.69) is 9.97 Å². The number of ether oxygens (including phenoxy) is 1. The maximum atomic E-state index is 13.6. The molecule has 0 aliphatic rings. The fourth-order valence-corrected chi connectivity index (χ4v) is 1.80. The highest BCUT2D eigenvalue weighted by atomic mass is 35.5. The van der Waals surface area contributed by atoms with E-state index in [-0.39, 0.29) is 22.2 Å². The lowest BCUT2D eigenvalue weighted by Gasteiger charge is -2.13. The van der Waals surface area contributed by atoms with Crippen LogP contribution in [0.3, 0.4) is 0 Å². The fraction of sp³-hybridized carbons (Fsp3) is 0.167. The summed E-state index contributed by atoms with van der Waals surface area (Å²) in [4.78, 5) is 7.69. The van der Waals surface area contributed by atoms with Crippen LogP contribution in [0.2, 0.25) is 5.02 Å². The molecule has 94 valence electrons. The van der Waals surface area contributed by atoms with Crippen LogP contribution in [0, 0.1) is 5.82 Å². The van der Waals surface area contributed by atoms with Crippen LogP contribution < -0.4 is 4.74 Å². The molecule has 2 rings (SSSR count). The Labute approximate surface area is 108 Å². The van der Waals surface area contributed by atoms with E-state index in [0.717, 1.165) is 0 Å². The van der Waals surface area contributed by atoms with E-state index in [1.807, 2.05) is 0 Å². The molecule has 0 aliphatic heterocycles. The molecule has 0 radical (unpaired) electrons. The van der Waals surface area contributed by atoms with Crippen LogP contribution in [0.1, 0.15) is 17.4 Å². The first-order valence-electron chi connectivity index (χ1n) is 5.11. The van der Waals surface area contributed by atoms with Crippen LogP contribution in [0.25, 0.3) is 0 Å². The quantitative estimate of drug-likeness (QED) is 0.928. The lowest BCUT2D eigenvalue weighted by atomic mass is 10.1. The zero-order valence-corrected chi connectivity index (χ0v) is 10.2. The summed E-state index contributed by atoms with van der Waals surface area (Å²) in [5.41, 5.74) is 0.203. The third-order valence-electron chi connectivity index (χ3n) is 2.43. The molecule has 1 atom stereocenters. The topological polar surface area (TPSA) is 55.2 Å². The molecule has 4 nitrogen and oxygen atoms in total. The summed E-state index contributed by atoms with van der Waals surface area (Å²) in [5, 5.41) is 10.2. The lowest BCUT2D eigenvalue weighted by molar-refractivity contribution is 0.209. The van der Waals surface area contributed by atoms with Crippen LogP contribution in [0.4, 0.5) is 4.39 Å². The van der Waals surface area contributed by atoms with Crippen molar-refractivity contribution in [1.29, 1.82) is 0 Å². The SMILES string of the molecule is COc1cc(C(O)c2c(F)cccc2Cl)ncn1. The second-order valence-corrected chi connectivity index (χ2v) is 3.93. The van der Waals surface area contributed by atoms with Crippen molar-refractivity contribution in [2.45, 2.75) is 6.10 Å². The van der Waals surface area contributed by atoms with Gasteiger partial charge in [-0.15, -0.1) is 0 Å². The Morgan fingerprint density at radius 2 is 2.17 bits per heavy atom. The smallest absolute Gasteiger partial charge is 0.216 e. The van der Waals surface area contributed by atoms with Gasteiger partial charge in [-0.25, -0.2) is 14.4 Å². The van der Waals surface area contributed by atoms with E-state index in [4.69, 9.17) is 16.3 Å². The summed E-state index contributed by atoms with van der Waals surface area (Å²) < 4.78 is 18.6. The van der Waals surface area contributed by atoms with Crippen molar-refractivity contribution in [3.63, 3.8) is 0 Å². The average molecular weight is 269 g/mol. The van der Waals surface area contributed by atoms with Gasteiger partial charge in [0.1, 0.15) is 18.2 Å². The monoisotopic (exact) mass is 268 g/mol. The highest BCUT2D eigenvalue weighted by molar-refractivity contribution is 6.31. The minimum atomic E-state index is -1.27. The van der Waals surface area contributed by atoms with Gasteiger partial charge in [0.2, 0.25) is 5.88 Å². The molecule has 1 aromatic carbocycles. The normalized spacial score (nSPS) is 12.2. The molecule has 18 heavy (non-hydrogen) atoms.